The van der Waals surface area contributed by atoms with E-state index in [2.05, 4.69) is 17.6 Å². The number of rotatable bonds is 3. The fourth-order valence-corrected chi connectivity index (χ4v) is 1.60. The topological polar surface area (TPSA) is 41.1 Å². The van der Waals surface area contributed by atoms with Crippen LogP contribution in [0.25, 0.3) is 0 Å². The van der Waals surface area contributed by atoms with E-state index in [1.165, 1.54) is 0 Å². The quantitative estimate of drug-likeness (QED) is 0.667. The van der Waals surface area contributed by atoms with Crippen LogP contribution in [0, 0.1) is 11.8 Å². The van der Waals surface area contributed by atoms with Crippen LogP contribution in [0.15, 0.2) is 0 Å². The highest BCUT2D eigenvalue weighted by Gasteiger charge is 2.40. The standard InChI is InChI=1S/C10H18N2O/c1-7(8-5-11-6-8)9(13)12-10(2)3-4-10/h7-8,11H,3-6H2,1-2H3,(H,12,13). The van der Waals surface area contributed by atoms with Crippen LogP contribution < -0.4 is 10.6 Å². The first-order valence-electron chi connectivity index (χ1n) is 5.13. The normalized spacial score (nSPS) is 27.5. The van der Waals surface area contributed by atoms with Crippen molar-refractivity contribution in [1.82, 2.24) is 10.6 Å². The molecule has 1 saturated heterocycles. The van der Waals surface area contributed by atoms with Crippen LogP contribution in [0.1, 0.15) is 26.7 Å². The number of carbonyl (C=O) groups excluding carboxylic acids is 1. The van der Waals surface area contributed by atoms with Crippen LogP contribution in [0.3, 0.4) is 0 Å². The summed E-state index contributed by atoms with van der Waals surface area (Å²) in [6, 6.07) is 0. The van der Waals surface area contributed by atoms with Gasteiger partial charge in [0.15, 0.2) is 0 Å². The molecule has 0 aromatic carbocycles. The second-order valence-electron chi connectivity index (χ2n) is 4.76. The molecule has 1 heterocycles. The third-order valence-corrected chi connectivity index (χ3v) is 3.36. The summed E-state index contributed by atoms with van der Waals surface area (Å²) in [4.78, 5) is 11.7. The number of nitrogens with one attached hydrogen (secondary N) is 2. The van der Waals surface area contributed by atoms with Crippen LogP contribution in [0.2, 0.25) is 0 Å². The first-order valence-corrected chi connectivity index (χ1v) is 5.13. The Kier molecular flexibility index (Phi) is 2.06. The minimum atomic E-state index is 0.141. The summed E-state index contributed by atoms with van der Waals surface area (Å²) in [5.74, 6) is 0.979. The zero-order valence-corrected chi connectivity index (χ0v) is 8.39. The molecule has 0 bridgehead atoms. The molecule has 2 rings (SSSR count). The van der Waals surface area contributed by atoms with Crippen LogP contribution >= 0.6 is 0 Å². The molecule has 1 saturated carbocycles. The lowest BCUT2D eigenvalue weighted by atomic mass is 9.88. The zero-order chi connectivity index (χ0) is 9.47. The van der Waals surface area contributed by atoms with Crippen molar-refractivity contribution in [2.75, 3.05) is 13.1 Å². The van der Waals surface area contributed by atoms with E-state index >= 15 is 0 Å². The van der Waals surface area contributed by atoms with Crippen molar-refractivity contribution in [1.29, 1.82) is 0 Å². The molecule has 0 aromatic heterocycles. The molecule has 1 amide bonds. The van der Waals surface area contributed by atoms with E-state index in [0.29, 0.717) is 5.92 Å². The van der Waals surface area contributed by atoms with Crippen molar-refractivity contribution >= 4 is 5.91 Å². The monoisotopic (exact) mass is 182 g/mol. The van der Waals surface area contributed by atoms with Gasteiger partial charge in [-0.25, -0.2) is 0 Å². The SMILES string of the molecule is CC(C(=O)NC1(C)CC1)C1CNC1. The minimum Gasteiger partial charge on any atom is -0.351 e. The highest BCUT2D eigenvalue weighted by molar-refractivity contribution is 5.79. The van der Waals surface area contributed by atoms with E-state index in [9.17, 15) is 4.79 Å². The van der Waals surface area contributed by atoms with Crippen molar-refractivity contribution in [2.24, 2.45) is 11.8 Å². The molecule has 2 fully saturated rings. The summed E-state index contributed by atoms with van der Waals surface area (Å²) in [6.07, 6.45) is 2.29. The zero-order valence-electron chi connectivity index (χ0n) is 8.39. The van der Waals surface area contributed by atoms with Gasteiger partial charge in [0, 0.05) is 11.5 Å². The van der Waals surface area contributed by atoms with Crippen molar-refractivity contribution in [3.63, 3.8) is 0 Å². The Bertz CT molecular complexity index is 219. The Balaban J connectivity index is 1.81. The Morgan fingerprint density at radius 3 is 2.54 bits per heavy atom. The lowest BCUT2D eigenvalue weighted by Gasteiger charge is -2.32. The second kappa shape index (κ2) is 2.98. The van der Waals surface area contributed by atoms with E-state index in [-0.39, 0.29) is 17.4 Å². The third-order valence-electron chi connectivity index (χ3n) is 3.36. The summed E-state index contributed by atoms with van der Waals surface area (Å²) in [5.41, 5.74) is 0.141. The largest absolute Gasteiger partial charge is 0.351 e. The van der Waals surface area contributed by atoms with Gasteiger partial charge in [0.25, 0.3) is 0 Å². The molecule has 3 nitrogen and oxygen atoms in total. The molecule has 1 unspecified atom stereocenters. The minimum absolute atomic E-state index is 0.141. The van der Waals surface area contributed by atoms with Crippen molar-refractivity contribution in [2.45, 2.75) is 32.2 Å². The van der Waals surface area contributed by atoms with Gasteiger partial charge >= 0.3 is 0 Å². The maximum absolute atomic E-state index is 11.7. The van der Waals surface area contributed by atoms with Crippen molar-refractivity contribution in [3.8, 4) is 0 Å². The van der Waals surface area contributed by atoms with Gasteiger partial charge in [-0.05, 0) is 38.8 Å². The summed E-state index contributed by atoms with van der Waals surface area (Å²) in [5, 5.41) is 6.31. The van der Waals surface area contributed by atoms with Gasteiger partial charge in [-0.3, -0.25) is 4.79 Å². The third kappa shape index (κ3) is 1.85. The van der Waals surface area contributed by atoms with E-state index in [4.69, 9.17) is 0 Å². The molecule has 3 heteroatoms. The Morgan fingerprint density at radius 2 is 2.15 bits per heavy atom. The maximum Gasteiger partial charge on any atom is 0.223 e. The summed E-state index contributed by atoms with van der Waals surface area (Å²) >= 11 is 0. The summed E-state index contributed by atoms with van der Waals surface area (Å²) in [7, 11) is 0. The highest BCUT2D eigenvalue weighted by atomic mass is 16.2. The molecule has 1 atom stereocenters. The Labute approximate surface area is 79.3 Å². The maximum atomic E-state index is 11.7. The van der Waals surface area contributed by atoms with Gasteiger partial charge in [-0.15, -0.1) is 0 Å². The molecule has 13 heavy (non-hydrogen) atoms. The fourth-order valence-electron chi connectivity index (χ4n) is 1.60. The second-order valence-corrected chi connectivity index (χ2v) is 4.76. The Hall–Kier alpha value is -0.570. The van der Waals surface area contributed by atoms with Crippen molar-refractivity contribution < 1.29 is 4.79 Å². The van der Waals surface area contributed by atoms with E-state index in [0.717, 1.165) is 25.9 Å². The number of hydrogen-bond acceptors (Lipinski definition) is 2. The molecule has 0 radical (unpaired) electrons. The lowest BCUT2D eigenvalue weighted by Crippen LogP contribution is -2.51. The molecule has 74 valence electrons. The number of amides is 1. The first-order chi connectivity index (χ1) is 6.11. The molecular formula is C10H18N2O. The average Bonchev–Trinajstić information content (AvgIpc) is 2.64. The molecule has 0 aromatic rings. The molecule has 1 aliphatic carbocycles. The lowest BCUT2D eigenvalue weighted by molar-refractivity contribution is -0.127. The van der Waals surface area contributed by atoms with Gasteiger partial charge in [-0.1, -0.05) is 6.92 Å². The van der Waals surface area contributed by atoms with Gasteiger partial charge < -0.3 is 10.6 Å². The van der Waals surface area contributed by atoms with E-state index in [1.807, 2.05) is 6.92 Å². The molecule has 0 spiro atoms. The predicted octanol–water partition coefficient (Wildman–Crippen LogP) is 0.511. The van der Waals surface area contributed by atoms with Gasteiger partial charge in [0.1, 0.15) is 0 Å². The average molecular weight is 182 g/mol. The highest BCUT2D eigenvalue weighted by Crippen LogP contribution is 2.34. The van der Waals surface area contributed by atoms with Crippen LogP contribution in [-0.2, 0) is 4.79 Å². The Morgan fingerprint density at radius 1 is 1.54 bits per heavy atom. The van der Waals surface area contributed by atoms with Gasteiger partial charge in [0.2, 0.25) is 5.91 Å². The van der Waals surface area contributed by atoms with Crippen LogP contribution in [0.5, 0.6) is 0 Å². The molecule has 2 N–H and O–H groups in total. The number of hydrogen-bond donors (Lipinski definition) is 2. The summed E-state index contributed by atoms with van der Waals surface area (Å²) < 4.78 is 0. The fraction of sp³-hybridized carbons (Fsp3) is 0.900. The van der Waals surface area contributed by atoms with Gasteiger partial charge in [-0.2, -0.15) is 0 Å². The summed E-state index contributed by atoms with van der Waals surface area (Å²) in [6.45, 7) is 6.17. The van der Waals surface area contributed by atoms with E-state index in [1.54, 1.807) is 0 Å². The molecule has 2 aliphatic rings. The van der Waals surface area contributed by atoms with Crippen molar-refractivity contribution in [3.05, 3.63) is 0 Å². The van der Waals surface area contributed by atoms with Crippen LogP contribution in [-0.4, -0.2) is 24.5 Å². The van der Waals surface area contributed by atoms with Gasteiger partial charge in [0.05, 0.1) is 0 Å². The van der Waals surface area contributed by atoms with Crippen LogP contribution in [0.4, 0.5) is 0 Å². The molecular weight excluding hydrogens is 164 g/mol. The molecule has 1 aliphatic heterocycles. The predicted molar refractivity (Wildman–Crippen MR) is 51.3 cm³/mol. The van der Waals surface area contributed by atoms with E-state index < -0.39 is 0 Å². The smallest absolute Gasteiger partial charge is 0.223 e. The number of carbonyl (C=O) groups is 1. The first kappa shape index (κ1) is 9.00.